The molecule has 0 aromatic carbocycles. The van der Waals surface area contributed by atoms with Crippen LogP contribution in [0.4, 0.5) is 5.69 Å². The van der Waals surface area contributed by atoms with Crippen molar-refractivity contribution in [1.29, 1.82) is 0 Å². The van der Waals surface area contributed by atoms with Gasteiger partial charge in [0.15, 0.2) is 0 Å². The van der Waals surface area contributed by atoms with E-state index in [0.29, 0.717) is 5.15 Å². The third-order valence-corrected chi connectivity index (χ3v) is 4.54. The Labute approximate surface area is 130 Å². The first-order valence-corrected chi connectivity index (χ1v) is 7.49. The highest BCUT2D eigenvalue weighted by Crippen LogP contribution is 2.36. The number of terminal acetylenes is 1. The number of aromatic nitrogens is 1. The summed E-state index contributed by atoms with van der Waals surface area (Å²) in [6.07, 6.45) is 8.96. The third kappa shape index (κ3) is 3.49. The van der Waals surface area contributed by atoms with Crippen LogP contribution in [0.5, 0.6) is 0 Å². The Morgan fingerprint density at radius 3 is 2.67 bits per heavy atom. The second kappa shape index (κ2) is 6.65. The number of piperidine rings is 1. The molecule has 1 aromatic heterocycles. The van der Waals surface area contributed by atoms with Gasteiger partial charge in [-0.25, -0.2) is 4.98 Å². The van der Waals surface area contributed by atoms with Crippen molar-refractivity contribution in [3.05, 3.63) is 23.0 Å². The molecule has 1 fully saturated rings. The molecule has 1 aliphatic heterocycles. The molecule has 0 aliphatic carbocycles. The Morgan fingerprint density at radius 2 is 2.14 bits per heavy atom. The summed E-state index contributed by atoms with van der Waals surface area (Å²) in [4.78, 5) is 6.30. The number of aliphatic hydroxyl groups excluding tert-OH is 2. The standard InChI is InChI=1S/C16H21ClN2O2/c1-3-12(10-20)13-9-18-15(17)8-14(13)19-6-4-16(2,11-21)5-7-19/h1,8-9,12,20-21H,4-7,10-11H2,2H3. The van der Waals surface area contributed by atoms with Gasteiger partial charge >= 0.3 is 0 Å². The maximum Gasteiger partial charge on any atom is 0.131 e. The Hall–Kier alpha value is -1.28. The van der Waals surface area contributed by atoms with Crippen molar-refractivity contribution in [3.8, 4) is 12.3 Å². The average molecular weight is 309 g/mol. The van der Waals surface area contributed by atoms with E-state index in [1.807, 2.05) is 0 Å². The zero-order valence-electron chi connectivity index (χ0n) is 12.2. The lowest BCUT2D eigenvalue weighted by molar-refractivity contribution is 0.115. The fourth-order valence-corrected chi connectivity index (χ4v) is 2.81. The van der Waals surface area contributed by atoms with E-state index in [4.69, 9.17) is 18.0 Å². The summed E-state index contributed by atoms with van der Waals surface area (Å²) in [5.74, 6) is 2.22. The summed E-state index contributed by atoms with van der Waals surface area (Å²) < 4.78 is 0. The van der Waals surface area contributed by atoms with Gasteiger partial charge in [0.05, 0.1) is 12.5 Å². The van der Waals surface area contributed by atoms with Gasteiger partial charge in [-0.15, -0.1) is 6.42 Å². The Morgan fingerprint density at radius 1 is 1.48 bits per heavy atom. The Kier molecular flexibility index (Phi) is 5.10. The van der Waals surface area contributed by atoms with E-state index in [9.17, 15) is 10.2 Å². The molecule has 1 unspecified atom stereocenters. The minimum atomic E-state index is -0.379. The molecule has 0 bridgehead atoms. The lowest BCUT2D eigenvalue weighted by atomic mass is 9.81. The summed E-state index contributed by atoms with van der Waals surface area (Å²) in [6.45, 7) is 3.84. The summed E-state index contributed by atoms with van der Waals surface area (Å²) in [5.41, 5.74) is 1.75. The number of hydrogen-bond donors (Lipinski definition) is 2. The molecule has 0 radical (unpaired) electrons. The fraction of sp³-hybridized carbons (Fsp3) is 0.562. The van der Waals surface area contributed by atoms with Gasteiger partial charge in [-0.05, 0) is 24.3 Å². The molecule has 0 amide bonds. The molecule has 1 aliphatic rings. The summed E-state index contributed by atoms with van der Waals surface area (Å²) >= 11 is 6.02. The smallest absolute Gasteiger partial charge is 0.131 e. The topological polar surface area (TPSA) is 56.6 Å². The highest BCUT2D eigenvalue weighted by Gasteiger charge is 2.30. The molecule has 0 spiro atoms. The van der Waals surface area contributed by atoms with E-state index >= 15 is 0 Å². The van der Waals surface area contributed by atoms with Crippen molar-refractivity contribution in [1.82, 2.24) is 4.98 Å². The highest BCUT2D eigenvalue weighted by molar-refractivity contribution is 6.29. The van der Waals surface area contributed by atoms with E-state index in [2.05, 4.69) is 22.7 Å². The molecule has 0 saturated carbocycles. The predicted octanol–water partition coefficient (Wildman–Crippen LogP) is 2.04. The third-order valence-electron chi connectivity index (χ3n) is 4.33. The first-order valence-electron chi connectivity index (χ1n) is 7.11. The van der Waals surface area contributed by atoms with Gasteiger partial charge in [0.1, 0.15) is 5.15 Å². The molecule has 4 nitrogen and oxygen atoms in total. The number of halogens is 1. The monoisotopic (exact) mass is 308 g/mol. The highest BCUT2D eigenvalue weighted by atomic mass is 35.5. The molecule has 21 heavy (non-hydrogen) atoms. The van der Waals surface area contributed by atoms with Crippen LogP contribution < -0.4 is 4.90 Å². The van der Waals surface area contributed by atoms with Crippen LogP contribution in [0, 0.1) is 17.8 Å². The molecule has 2 rings (SSSR count). The van der Waals surface area contributed by atoms with Crippen LogP contribution in [-0.4, -0.2) is 41.5 Å². The van der Waals surface area contributed by atoms with Gasteiger partial charge < -0.3 is 15.1 Å². The second-order valence-electron chi connectivity index (χ2n) is 5.92. The van der Waals surface area contributed by atoms with Crippen LogP contribution in [0.25, 0.3) is 0 Å². The normalized spacial score (nSPS) is 19.1. The van der Waals surface area contributed by atoms with Crippen LogP contribution in [0.15, 0.2) is 12.3 Å². The molecule has 2 N–H and O–H groups in total. The minimum absolute atomic E-state index is 0.0179. The minimum Gasteiger partial charge on any atom is -0.396 e. The fourth-order valence-electron chi connectivity index (χ4n) is 2.66. The number of nitrogens with zero attached hydrogens (tertiary/aromatic N) is 2. The maximum atomic E-state index is 9.46. The maximum absolute atomic E-state index is 9.46. The number of pyridine rings is 1. The number of hydrogen-bond acceptors (Lipinski definition) is 4. The van der Waals surface area contributed by atoms with Crippen LogP contribution in [-0.2, 0) is 0 Å². The van der Waals surface area contributed by atoms with E-state index in [1.54, 1.807) is 12.3 Å². The summed E-state index contributed by atoms with van der Waals surface area (Å²) in [5, 5.41) is 19.3. The molecular formula is C16H21ClN2O2. The first-order chi connectivity index (χ1) is 10.0. The van der Waals surface area contributed by atoms with E-state index in [-0.39, 0.29) is 24.5 Å². The SMILES string of the molecule is C#CC(CO)c1cnc(Cl)cc1N1CCC(C)(CO)CC1. The zero-order valence-corrected chi connectivity index (χ0v) is 13.0. The van der Waals surface area contributed by atoms with Crippen molar-refractivity contribution in [2.24, 2.45) is 5.41 Å². The molecular weight excluding hydrogens is 288 g/mol. The molecule has 1 atom stereocenters. The Balaban J connectivity index is 2.28. The van der Waals surface area contributed by atoms with Crippen molar-refractivity contribution < 1.29 is 10.2 Å². The van der Waals surface area contributed by atoms with Crippen LogP contribution in [0.1, 0.15) is 31.2 Å². The quantitative estimate of drug-likeness (QED) is 0.660. The zero-order chi connectivity index (χ0) is 15.5. The van der Waals surface area contributed by atoms with Gasteiger partial charge in [-0.1, -0.05) is 24.4 Å². The van der Waals surface area contributed by atoms with Gasteiger partial charge in [0.2, 0.25) is 0 Å². The molecule has 114 valence electrons. The van der Waals surface area contributed by atoms with Gasteiger partial charge in [-0.3, -0.25) is 0 Å². The van der Waals surface area contributed by atoms with E-state index < -0.39 is 0 Å². The number of rotatable bonds is 4. The van der Waals surface area contributed by atoms with E-state index in [0.717, 1.165) is 37.2 Å². The van der Waals surface area contributed by atoms with Crippen LogP contribution in [0.3, 0.4) is 0 Å². The summed E-state index contributed by atoms with van der Waals surface area (Å²) in [7, 11) is 0. The van der Waals surface area contributed by atoms with Gasteiger partial charge in [-0.2, -0.15) is 0 Å². The van der Waals surface area contributed by atoms with Crippen molar-refractivity contribution >= 4 is 17.3 Å². The lowest BCUT2D eigenvalue weighted by Crippen LogP contribution is -2.41. The van der Waals surface area contributed by atoms with Crippen molar-refractivity contribution in [2.45, 2.75) is 25.7 Å². The largest absolute Gasteiger partial charge is 0.396 e. The van der Waals surface area contributed by atoms with Crippen LogP contribution >= 0.6 is 11.6 Å². The molecule has 1 aromatic rings. The molecule has 1 saturated heterocycles. The predicted molar refractivity (Wildman–Crippen MR) is 84.5 cm³/mol. The average Bonchev–Trinajstić information content (AvgIpc) is 2.50. The van der Waals surface area contributed by atoms with Gasteiger partial charge in [0, 0.05) is 37.1 Å². The number of aliphatic hydroxyl groups is 2. The first kappa shape index (κ1) is 16.1. The summed E-state index contributed by atoms with van der Waals surface area (Å²) in [6, 6.07) is 1.80. The second-order valence-corrected chi connectivity index (χ2v) is 6.31. The number of anilines is 1. The molecule has 2 heterocycles. The van der Waals surface area contributed by atoms with Crippen molar-refractivity contribution in [3.63, 3.8) is 0 Å². The van der Waals surface area contributed by atoms with Crippen molar-refractivity contribution in [2.75, 3.05) is 31.2 Å². The van der Waals surface area contributed by atoms with Crippen LogP contribution in [0.2, 0.25) is 5.15 Å². The molecule has 5 heteroatoms. The van der Waals surface area contributed by atoms with Gasteiger partial charge in [0.25, 0.3) is 0 Å². The lowest BCUT2D eigenvalue weighted by Gasteiger charge is -2.40. The Bertz CT molecular complexity index is 534. The van der Waals surface area contributed by atoms with E-state index in [1.165, 1.54) is 0 Å².